The van der Waals surface area contributed by atoms with E-state index >= 15 is 0 Å². The van der Waals surface area contributed by atoms with Gasteiger partial charge in [0.05, 0.1) is 6.67 Å². The van der Waals surface area contributed by atoms with Gasteiger partial charge in [-0.3, -0.25) is 9.30 Å². The highest BCUT2D eigenvalue weighted by molar-refractivity contribution is 5.35. The number of aromatic nitrogens is 3. The molecular formula is C15H23N5O. The minimum absolute atomic E-state index is 0.0600. The Morgan fingerprint density at radius 2 is 1.86 bits per heavy atom. The molecule has 0 bridgehead atoms. The van der Waals surface area contributed by atoms with Crippen LogP contribution in [0, 0.1) is 5.92 Å². The van der Waals surface area contributed by atoms with Gasteiger partial charge in [-0.25, -0.2) is 4.79 Å². The van der Waals surface area contributed by atoms with Gasteiger partial charge in [-0.2, -0.15) is 4.68 Å². The smallest absolute Gasteiger partial charge is 0.301 e. The fraction of sp³-hybridized carbons (Fsp3) is 0.600. The summed E-state index contributed by atoms with van der Waals surface area (Å²) >= 11 is 0. The maximum Gasteiger partial charge on any atom is 0.351 e. The van der Waals surface area contributed by atoms with Crippen molar-refractivity contribution in [3.8, 4) is 0 Å². The summed E-state index contributed by atoms with van der Waals surface area (Å²) in [7, 11) is 0. The van der Waals surface area contributed by atoms with Gasteiger partial charge in [0, 0.05) is 38.9 Å². The summed E-state index contributed by atoms with van der Waals surface area (Å²) in [5.74, 6) is 0.706. The first-order chi connectivity index (χ1) is 10.1. The van der Waals surface area contributed by atoms with E-state index in [0.717, 1.165) is 32.7 Å². The summed E-state index contributed by atoms with van der Waals surface area (Å²) in [6.07, 6.45) is 1.77. The molecule has 0 radical (unpaired) electrons. The molecule has 3 heterocycles. The van der Waals surface area contributed by atoms with Crippen LogP contribution >= 0.6 is 0 Å². The summed E-state index contributed by atoms with van der Waals surface area (Å²) in [4.78, 5) is 17.0. The highest BCUT2D eigenvalue weighted by Gasteiger charge is 2.18. The molecule has 3 rings (SSSR count). The maximum atomic E-state index is 12.2. The highest BCUT2D eigenvalue weighted by atomic mass is 16.2. The SMILES string of the molecule is CC(C)CN1CCN(Cn2nc3ccccn3c2=O)CC1. The Hall–Kier alpha value is -1.66. The van der Waals surface area contributed by atoms with Crippen molar-refractivity contribution in [3.63, 3.8) is 0 Å². The minimum Gasteiger partial charge on any atom is -0.301 e. The van der Waals surface area contributed by atoms with Crippen LogP contribution in [0.4, 0.5) is 0 Å². The third-order valence-electron chi connectivity index (χ3n) is 3.91. The van der Waals surface area contributed by atoms with Crippen molar-refractivity contribution < 1.29 is 0 Å². The number of hydrogen-bond donors (Lipinski definition) is 0. The van der Waals surface area contributed by atoms with E-state index in [2.05, 4.69) is 28.7 Å². The zero-order valence-corrected chi connectivity index (χ0v) is 12.8. The second kappa shape index (κ2) is 5.99. The molecule has 2 aromatic heterocycles. The van der Waals surface area contributed by atoms with Crippen LogP contribution in [0.15, 0.2) is 29.2 Å². The lowest BCUT2D eigenvalue weighted by molar-refractivity contribution is 0.0945. The Kier molecular flexibility index (Phi) is 4.07. The van der Waals surface area contributed by atoms with Gasteiger partial charge < -0.3 is 4.90 Å². The van der Waals surface area contributed by atoms with E-state index in [1.54, 1.807) is 15.3 Å². The maximum absolute atomic E-state index is 12.2. The van der Waals surface area contributed by atoms with Crippen molar-refractivity contribution in [1.29, 1.82) is 0 Å². The van der Waals surface area contributed by atoms with E-state index in [4.69, 9.17) is 0 Å². The third-order valence-corrected chi connectivity index (χ3v) is 3.91. The van der Waals surface area contributed by atoms with E-state index in [1.165, 1.54) is 0 Å². The van der Waals surface area contributed by atoms with E-state index in [0.29, 0.717) is 18.2 Å². The lowest BCUT2D eigenvalue weighted by Gasteiger charge is -2.35. The Labute approximate surface area is 124 Å². The van der Waals surface area contributed by atoms with Gasteiger partial charge in [0.1, 0.15) is 0 Å². The Morgan fingerprint density at radius 3 is 2.52 bits per heavy atom. The highest BCUT2D eigenvalue weighted by Crippen LogP contribution is 2.06. The monoisotopic (exact) mass is 289 g/mol. The zero-order chi connectivity index (χ0) is 14.8. The minimum atomic E-state index is -0.0600. The molecule has 0 amide bonds. The van der Waals surface area contributed by atoms with Gasteiger partial charge in [0.2, 0.25) is 0 Å². The molecule has 0 atom stereocenters. The number of rotatable bonds is 4. The first-order valence-electron chi connectivity index (χ1n) is 7.62. The average molecular weight is 289 g/mol. The zero-order valence-electron chi connectivity index (χ0n) is 12.8. The second-order valence-corrected chi connectivity index (χ2v) is 6.16. The quantitative estimate of drug-likeness (QED) is 0.832. The summed E-state index contributed by atoms with van der Waals surface area (Å²) in [6, 6.07) is 5.61. The largest absolute Gasteiger partial charge is 0.351 e. The van der Waals surface area contributed by atoms with Gasteiger partial charge in [0.15, 0.2) is 5.65 Å². The van der Waals surface area contributed by atoms with Crippen LogP contribution in [0.2, 0.25) is 0 Å². The number of piperazine rings is 1. The molecule has 6 heteroatoms. The average Bonchev–Trinajstić information content (AvgIpc) is 2.78. The molecule has 1 aliphatic heterocycles. The van der Waals surface area contributed by atoms with Crippen LogP contribution < -0.4 is 5.69 Å². The predicted octanol–water partition coefficient (Wildman–Crippen LogP) is 0.727. The van der Waals surface area contributed by atoms with E-state index in [-0.39, 0.29) is 5.69 Å². The van der Waals surface area contributed by atoms with Crippen molar-refractivity contribution in [2.24, 2.45) is 5.92 Å². The standard InChI is InChI=1S/C15H23N5O/c1-13(2)11-17-7-9-18(10-8-17)12-20-15(21)19-6-4-3-5-14(19)16-20/h3-6,13H,7-12H2,1-2H3. The topological polar surface area (TPSA) is 45.8 Å². The predicted molar refractivity (Wildman–Crippen MR) is 82.3 cm³/mol. The molecule has 0 aromatic carbocycles. The molecule has 6 nitrogen and oxygen atoms in total. The Morgan fingerprint density at radius 1 is 1.14 bits per heavy atom. The fourth-order valence-electron chi connectivity index (χ4n) is 2.88. The van der Waals surface area contributed by atoms with Gasteiger partial charge in [-0.15, -0.1) is 5.10 Å². The number of nitrogens with zero attached hydrogens (tertiary/aromatic N) is 5. The van der Waals surface area contributed by atoms with Crippen molar-refractivity contribution >= 4 is 5.65 Å². The lowest BCUT2D eigenvalue weighted by atomic mass is 10.2. The van der Waals surface area contributed by atoms with Crippen LogP contribution in [0.1, 0.15) is 13.8 Å². The fourth-order valence-corrected chi connectivity index (χ4v) is 2.88. The molecule has 1 aliphatic rings. The van der Waals surface area contributed by atoms with Crippen LogP contribution in [0.3, 0.4) is 0 Å². The Bertz CT molecular complexity index is 651. The van der Waals surface area contributed by atoms with E-state index in [9.17, 15) is 4.79 Å². The molecule has 0 saturated carbocycles. The summed E-state index contributed by atoms with van der Waals surface area (Å²) in [5.41, 5.74) is 0.649. The molecular weight excluding hydrogens is 266 g/mol. The number of pyridine rings is 1. The van der Waals surface area contributed by atoms with Crippen LogP contribution in [-0.2, 0) is 6.67 Å². The molecule has 1 saturated heterocycles. The summed E-state index contributed by atoms with van der Waals surface area (Å²) < 4.78 is 3.16. The lowest BCUT2D eigenvalue weighted by Crippen LogP contribution is -2.48. The Balaban J connectivity index is 1.64. The molecule has 2 aromatic rings. The molecule has 114 valence electrons. The van der Waals surface area contributed by atoms with Gasteiger partial charge in [0.25, 0.3) is 0 Å². The van der Waals surface area contributed by atoms with E-state index < -0.39 is 0 Å². The van der Waals surface area contributed by atoms with Crippen LogP contribution in [0.25, 0.3) is 5.65 Å². The molecule has 0 N–H and O–H groups in total. The van der Waals surface area contributed by atoms with Crippen molar-refractivity contribution in [2.45, 2.75) is 20.5 Å². The molecule has 0 aliphatic carbocycles. The number of hydrogen-bond acceptors (Lipinski definition) is 4. The molecule has 1 fully saturated rings. The molecule has 0 spiro atoms. The summed E-state index contributed by atoms with van der Waals surface area (Å²) in [5, 5.41) is 4.39. The first-order valence-corrected chi connectivity index (χ1v) is 7.62. The van der Waals surface area contributed by atoms with Crippen molar-refractivity contribution in [2.75, 3.05) is 32.7 Å². The molecule has 21 heavy (non-hydrogen) atoms. The normalized spacial score (nSPS) is 17.9. The third kappa shape index (κ3) is 3.16. The van der Waals surface area contributed by atoms with Gasteiger partial charge in [-0.05, 0) is 18.1 Å². The second-order valence-electron chi connectivity index (χ2n) is 6.16. The number of fused-ring (bicyclic) bond motifs is 1. The molecule has 0 unspecified atom stereocenters. The van der Waals surface area contributed by atoms with E-state index in [1.807, 2.05) is 18.2 Å². The summed E-state index contributed by atoms with van der Waals surface area (Å²) in [6.45, 7) is 10.4. The van der Waals surface area contributed by atoms with Crippen molar-refractivity contribution in [3.05, 3.63) is 34.9 Å². The van der Waals surface area contributed by atoms with Crippen LogP contribution in [0.5, 0.6) is 0 Å². The van der Waals surface area contributed by atoms with Crippen LogP contribution in [-0.4, -0.2) is 56.7 Å². The first kappa shape index (κ1) is 14.3. The van der Waals surface area contributed by atoms with Gasteiger partial charge in [-0.1, -0.05) is 19.9 Å². The van der Waals surface area contributed by atoms with Gasteiger partial charge >= 0.3 is 5.69 Å². The van der Waals surface area contributed by atoms with Crippen molar-refractivity contribution in [1.82, 2.24) is 24.0 Å².